The van der Waals surface area contributed by atoms with E-state index >= 15 is 0 Å². The average molecular weight is 252 g/mol. The highest BCUT2D eigenvalue weighted by atomic mass is 16.2. The number of carbonyl (C=O) groups excluding carboxylic acids is 1. The predicted molar refractivity (Wildman–Crippen MR) is 70.6 cm³/mol. The van der Waals surface area contributed by atoms with Gasteiger partial charge in [0, 0.05) is 11.6 Å². The Kier molecular flexibility index (Phi) is 4.11. The van der Waals surface area contributed by atoms with Crippen molar-refractivity contribution in [2.45, 2.75) is 46.2 Å². The molecule has 0 radical (unpaired) electrons. The zero-order valence-electron chi connectivity index (χ0n) is 11.4. The molecular formula is C12H20N4O2. The minimum Gasteiger partial charge on any atom is -0.358 e. The molecule has 0 fully saturated rings. The lowest BCUT2D eigenvalue weighted by molar-refractivity contribution is -0.122. The molecule has 1 rings (SSSR count). The number of aromatic amines is 1. The molecule has 0 aromatic carbocycles. The van der Waals surface area contributed by atoms with Crippen LogP contribution in [0.1, 0.15) is 33.5 Å². The normalized spacial score (nSPS) is 12.9. The van der Waals surface area contributed by atoms with E-state index in [0.29, 0.717) is 11.6 Å². The quantitative estimate of drug-likeness (QED) is 0.742. The Hall–Kier alpha value is -1.85. The number of amides is 1. The summed E-state index contributed by atoms with van der Waals surface area (Å²) in [6.07, 6.45) is 0. The van der Waals surface area contributed by atoms with Gasteiger partial charge in [-0.3, -0.25) is 9.59 Å². The molecule has 0 aliphatic carbocycles. The first-order chi connectivity index (χ1) is 8.17. The summed E-state index contributed by atoms with van der Waals surface area (Å²) >= 11 is 0. The van der Waals surface area contributed by atoms with Crippen LogP contribution in [-0.2, 0) is 4.79 Å². The molecule has 6 heteroatoms. The van der Waals surface area contributed by atoms with E-state index in [-0.39, 0.29) is 17.0 Å². The van der Waals surface area contributed by atoms with Crippen LogP contribution in [0.3, 0.4) is 0 Å². The molecule has 0 saturated heterocycles. The standard InChI is InChI=1S/C12H20N4O2/c1-7(11(18)16-12(3,4)5)13-9-6-10(17)15-8(2)14-9/h6-7H,1-5H3,(H,16,18)(H2,13,14,15,17). The molecule has 100 valence electrons. The van der Waals surface area contributed by atoms with Crippen molar-refractivity contribution in [3.05, 3.63) is 22.2 Å². The second-order valence-corrected chi connectivity index (χ2v) is 5.32. The predicted octanol–water partition coefficient (Wildman–Crippen LogP) is 0.793. The third kappa shape index (κ3) is 4.57. The summed E-state index contributed by atoms with van der Waals surface area (Å²) in [6, 6.07) is 0.867. The maximum absolute atomic E-state index is 11.8. The zero-order chi connectivity index (χ0) is 13.9. The van der Waals surface area contributed by atoms with Crippen molar-refractivity contribution in [1.82, 2.24) is 15.3 Å². The minimum atomic E-state index is -0.460. The fraction of sp³-hybridized carbons (Fsp3) is 0.583. The number of carbonyl (C=O) groups is 1. The van der Waals surface area contributed by atoms with Crippen LogP contribution in [0.2, 0.25) is 0 Å². The molecule has 1 atom stereocenters. The van der Waals surface area contributed by atoms with Crippen LogP contribution in [0.15, 0.2) is 10.9 Å². The Balaban J connectivity index is 2.72. The molecule has 1 heterocycles. The highest BCUT2D eigenvalue weighted by Gasteiger charge is 2.19. The molecule has 6 nitrogen and oxygen atoms in total. The highest BCUT2D eigenvalue weighted by Crippen LogP contribution is 2.04. The van der Waals surface area contributed by atoms with Gasteiger partial charge in [0.15, 0.2) is 0 Å². The van der Waals surface area contributed by atoms with Gasteiger partial charge >= 0.3 is 0 Å². The maximum Gasteiger partial charge on any atom is 0.252 e. The molecule has 0 aliphatic heterocycles. The molecule has 18 heavy (non-hydrogen) atoms. The first kappa shape index (κ1) is 14.2. The van der Waals surface area contributed by atoms with Crippen LogP contribution in [0.25, 0.3) is 0 Å². The first-order valence-corrected chi connectivity index (χ1v) is 5.84. The van der Waals surface area contributed by atoms with Gasteiger partial charge in [0.1, 0.15) is 17.7 Å². The number of anilines is 1. The monoisotopic (exact) mass is 252 g/mol. The van der Waals surface area contributed by atoms with Gasteiger partial charge in [-0.05, 0) is 34.6 Å². The molecular weight excluding hydrogens is 232 g/mol. The molecule has 1 aromatic heterocycles. The lowest BCUT2D eigenvalue weighted by atomic mass is 10.1. The van der Waals surface area contributed by atoms with Crippen LogP contribution >= 0.6 is 0 Å². The van der Waals surface area contributed by atoms with Crippen molar-refractivity contribution in [3.8, 4) is 0 Å². The summed E-state index contributed by atoms with van der Waals surface area (Å²) < 4.78 is 0. The lowest BCUT2D eigenvalue weighted by Gasteiger charge is -2.23. The van der Waals surface area contributed by atoms with E-state index in [1.54, 1.807) is 13.8 Å². The average Bonchev–Trinajstić information content (AvgIpc) is 2.12. The van der Waals surface area contributed by atoms with Gasteiger partial charge < -0.3 is 15.6 Å². The van der Waals surface area contributed by atoms with Crippen molar-refractivity contribution < 1.29 is 4.79 Å². The second-order valence-electron chi connectivity index (χ2n) is 5.32. The van der Waals surface area contributed by atoms with Crippen molar-refractivity contribution >= 4 is 11.7 Å². The third-order valence-corrected chi connectivity index (χ3v) is 2.12. The number of hydrogen-bond donors (Lipinski definition) is 3. The summed E-state index contributed by atoms with van der Waals surface area (Å²) in [5.41, 5.74) is -0.529. The first-order valence-electron chi connectivity index (χ1n) is 5.84. The smallest absolute Gasteiger partial charge is 0.252 e. The summed E-state index contributed by atoms with van der Waals surface area (Å²) in [4.78, 5) is 29.8. The second kappa shape index (κ2) is 5.20. The Morgan fingerprint density at radius 3 is 2.56 bits per heavy atom. The number of nitrogens with zero attached hydrogens (tertiary/aromatic N) is 1. The molecule has 1 unspecified atom stereocenters. The van der Waals surface area contributed by atoms with E-state index in [1.807, 2.05) is 20.8 Å². The number of H-pyrrole nitrogens is 1. The van der Waals surface area contributed by atoms with Crippen LogP contribution in [0.5, 0.6) is 0 Å². The number of rotatable bonds is 3. The Morgan fingerprint density at radius 2 is 2.06 bits per heavy atom. The van der Waals surface area contributed by atoms with E-state index in [4.69, 9.17) is 0 Å². The van der Waals surface area contributed by atoms with Gasteiger partial charge in [-0.2, -0.15) is 0 Å². The van der Waals surface area contributed by atoms with E-state index in [0.717, 1.165) is 0 Å². The fourth-order valence-electron chi connectivity index (χ4n) is 1.42. The zero-order valence-corrected chi connectivity index (χ0v) is 11.4. The van der Waals surface area contributed by atoms with Crippen LogP contribution < -0.4 is 16.2 Å². The van der Waals surface area contributed by atoms with Gasteiger partial charge in [-0.25, -0.2) is 4.98 Å². The largest absolute Gasteiger partial charge is 0.358 e. The van der Waals surface area contributed by atoms with E-state index in [2.05, 4.69) is 20.6 Å². The van der Waals surface area contributed by atoms with E-state index in [9.17, 15) is 9.59 Å². The summed E-state index contributed by atoms with van der Waals surface area (Å²) in [5.74, 6) is 0.767. The van der Waals surface area contributed by atoms with E-state index in [1.165, 1.54) is 6.07 Å². The fourth-order valence-corrected chi connectivity index (χ4v) is 1.42. The Morgan fingerprint density at radius 1 is 1.44 bits per heavy atom. The maximum atomic E-state index is 11.8. The van der Waals surface area contributed by atoms with Gasteiger partial charge in [0.2, 0.25) is 5.91 Å². The highest BCUT2D eigenvalue weighted by molar-refractivity contribution is 5.84. The van der Waals surface area contributed by atoms with Crippen molar-refractivity contribution in [3.63, 3.8) is 0 Å². The number of nitrogens with one attached hydrogen (secondary N) is 3. The van der Waals surface area contributed by atoms with Gasteiger partial charge in [0.25, 0.3) is 5.56 Å². The molecule has 0 bridgehead atoms. The number of aromatic nitrogens is 2. The van der Waals surface area contributed by atoms with Crippen molar-refractivity contribution in [2.75, 3.05) is 5.32 Å². The van der Waals surface area contributed by atoms with Crippen molar-refractivity contribution in [1.29, 1.82) is 0 Å². The van der Waals surface area contributed by atoms with Gasteiger partial charge in [-0.1, -0.05) is 0 Å². The van der Waals surface area contributed by atoms with Gasteiger partial charge in [-0.15, -0.1) is 0 Å². The van der Waals surface area contributed by atoms with Crippen molar-refractivity contribution in [2.24, 2.45) is 0 Å². The molecule has 1 aromatic rings. The Labute approximate surface area is 106 Å². The number of hydrogen-bond acceptors (Lipinski definition) is 4. The summed E-state index contributed by atoms with van der Waals surface area (Å²) in [5, 5.41) is 5.76. The molecule has 0 aliphatic rings. The molecule has 1 amide bonds. The van der Waals surface area contributed by atoms with Crippen LogP contribution in [0.4, 0.5) is 5.82 Å². The Bertz CT molecular complexity index is 488. The topological polar surface area (TPSA) is 86.9 Å². The van der Waals surface area contributed by atoms with E-state index < -0.39 is 6.04 Å². The van der Waals surface area contributed by atoms with Crippen LogP contribution in [0, 0.1) is 6.92 Å². The van der Waals surface area contributed by atoms with Gasteiger partial charge in [0.05, 0.1) is 0 Å². The minimum absolute atomic E-state index is 0.137. The third-order valence-electron chi connectivity index (χ3n) is 2.12. The molecule has 0 spiro atoms. The summed E-state index contributed by atoms with van der Waals surface area (Å²) in [6.45, 7) is 9.14. The molecule has 3 N–H and O–H groups in total. The number of aryl methyl sites for hydroxylation is 1. The lowest BCUT2D eigenvalue weighted by Crippen LogP contribution is -2.47. The summed E-state index contributed by atoms with van der Waals surface area (Å²) in [7, 11) is 0. The molecule has 0 saturated carbocycles. The SMILES string of the molecule is Cc1nc(NC(C)C(=O)NC(C)(C)C)cc(=O)[nH]1. The van der Waals surface area contributed by atoms with Crippen LogP contribution in [-0.4, -0.2) is 27.5 Å².